The molecule has 0 aromatic carbocycles. The first-order valence-electron chi connectivity index (χ1n) is 5.23. The van der Waals surface area contributed by atoms with Crippen LogP contribution in [0, 0.1) is 0 Å². The largest absolute Gasteiger partial charge is 0.462 e. The maximum absolute atomic E-state index is 11.1. The van der Waals surface area contributed by atoms with Crippen LogP contribution in [0.4, 0.5) is 0 Å². The molecule has 1 aromatic heterocycles. The predicted octanol–water partition coefficient (Wildman–Crippen LogP) is 1.90. The SMILES string of the molecule is COC(=O)c1nnc(C2CCCCC2)o1. The van der Waals surface area contributed by atoms with Crippen LogP contribution in [0.15, 0.2) is 4.42 Å². The molecule has 1 aliphatic rings. The second kappa shape index (κ2) is 4.42. The molecule has 1 heterocycles. The molecule has 0 bridgehead atoms. The molecule has 2 rings (SSSR count). The minimum atomic E-state index is -0.565. The number of hydrogen-bond donors (Lipinski definition) is 0. The molecule has 82 valence electrons. The molecule has 0 radical (unpaired) electrons. The van der Waals surface area contributed by atoms with Gasteiger partial charge in [0.15, 0.2) is 0 Å². The first kappa shape index (κ1) is 10.1. The van der Waals surface area contributed by atoms with E-state index < -0.39 is 5.97 Å². The van der Waals surface area contributed by atoms with E-state index in [4.69, 9.17) is 4.42 Å². The second-order valence-corrected chi connectivity index (χ2v) is 3.77. The lowest BCUT2D eigenvalue weighted by Crippen LogP contribution is -2.04. The van der Waals surface area contributed by atoms with Gasteiger partial charge in [0.05, 0.1) is 7.11 Å². The Morgan fingerprint density at radius 3 is 2.73 bits per heavy atom. The molecule has 1 saturated carbocycles. The van der Waals surface area contributed by atoms with Gasteiger partial charge in [0.25, 0.3) is 0 Å². The third kappa shape index (κ3) is 2.16. The van der Waals surface area contributed by atoms with E-state index in [1.165, 1.54) is 26.4 Å². The van der Waals surface area contributed by atoms with Crippen molar-refractivity contribution in [1.29, 1.82) is 0 Å². The summed E-state index contributed by atoms with van der Waals surface area (Å²) >= 11 is 0. The summed E-state index contributed by atoms with van der Waals surface area (Å²) in [4.78, 5) is 11.1. The Balaban J connectivity index is 2.08. The average molecular weight is 210 g/mol. The Hall–Kier alpha value is -1.39. The zero-order valence-corrected chi connectivity index (χ0v) is 8.73. The smallest absolute Gasteiger partial charge is 0.396 e. The van der Waals surface area contributed by atoms with Crippen molar-refractivity contribution in [2.45, 2.75) is 38.0 Å². The van der Waals surface area contributed by atoms with Crippen molar-refractivity contribution in [3.63, 3.8) is 0 Å². The van der Waals surface area contributed by atoms with Crippen molar-refractivity contribution in [3.8, 4) is 0 Å². The number of methoxy groups -OCH3 is 1. The van der Waals surface area contributed by atoms with Crippen LogP contribution in [0.3, 0.4) is 0 Å². The fourth-order valence-corrected chi connectivity index (χ4v) is 1.92. The van der Waals surface area contributed by atoms with E-state index in [1.807, 2.05) is 0 Å². The molecule has 0 N–H and O–H groups in total. The van der Waals surface area contributed by atoms with Gasteiger partial charge in [-0.3, -0.25) is 0 Å². The number of esters is 1. The van der Waals surface area contributed by atoms with E-state index in [0.29, 0.717) is 11.8 Å². The second-order valence-electron chi connectivity index (χ2n) is 3.77. The molecule has 1 aromatic rings. The first-order valence-corrected chi connectivity index (χ1v) is 5.23. The van der Waals surface area contributed by atoms with Crippen molar-refractivity contribution < 1.29 is 13.9 Å². The first-order chi connectivity index (χ1) is 7.31. The monoisotopic (exact) mass is 210 g/mol. The normalized spacial score (nSPS) is 17.7. The molecule has 0 saturated heterocycles. The molecule has 0 aliphatic heterocycles. The van der Waals surface area contributed by atoms with Crippen molar-refractivity contribution in [2.24, 2.45) is 0 Å². The summed E-state index contributed by atoms with van der Waals surface area (Å²) in [5.41, 5.74) is 0. The maximum atomic E-state index is 11.1. The Morgan fingerprint density at radius 2 is 2.07 bits per heavy atom. The lowest BCUT2D eigenvalue weighted by Gasteiger charge is -2.17. The van der Waals surface area contributed by atoms with Gasteiger partial charge in [0, 0.05) is 5.92 Å². The molecular formula is C10H14N2O3. The fraction of sp³-hybridized carbons (Fsp3) is 0.700. The number of nitrogens with zero attached hydrogens (tertiary/aromatic N) is 2. The third-order valence-electron chi connectivity index (χ3n) is 2.76. The van der Waals surface area contributed by atoms with Crippen LogP contribution < -0.4 is 0 Å². The highest BCUT2D eigenvalue weighted by atomic mass is 16.5. The van der Waals surface area contributed by atoms with Crippen molar-refractivity contribution in [2.75, 3.05) is 7.11 Å². The van der Waals surface area contributed by atoms with Gasteiger partial charge in [0.1, 0.15) is 0 Å². The molecule has 0 unspecified atom stereocenters. The van der Waals surface area contributed by atoms with E-state index in [0.717, 1.165) is 12.8 Å². The van der Waals surface area contributed by atoms with Crippen LogP contribution in [0.2, 0.25) is 0 Å². The van der Waals surface area contributed by atoms with Crippen LogP contribution in [0.1, 0.15) is 54.6 Å². The zero-order chi connectivity index (χ0) is 10.7. The van der Waals surface area contributed by atoms with Crippen LogP contribution in [0.25, 0.3) is 0 Å². The fourth-order valence-electron chi connectivity index (χ4n) is 1.92. The summed E-state index contributed by atoms with van der Waals surface area (Å²) in [6.07, 6.45) is 5.81. The van der Waals surface area contributed by atoms with Crippen molar-refractivity contribution >= 4 is 5.97 Å². The highest BCUT2D eigenvalue weighted by molar-refractivity contribution is 5.83. The number of ether oxygens (including phenoxy) is 1. The van der Waals surface area contributed by atoms with Gasteiger partial charge in [-0.2, -0.15) is 0 Å². The van der Waals surface area contributed by atoms with E-state index in [1.54, 1.807) is 0 Å². The van der Waals surface area contributed by atoms with Gasteiger partial charge in [-0.05, 0) is 12.8 Å². The quantitative estimate of drug-likeness (QED) is 0.697. The number of hydrogen-bond acceptors (Lipinski definition) is 5. The van der Waals surface area contributed by atoms with E-state index in [9.17, 15) is 4.79 Å². The summed E-state index contributed by atoms with van der Waals surface area (Å²) in [7, 11) is 1.30. The van der Waals surface area contributed by atoms with Gasteiger partial charge < -0.3 is 9.15 Å². The summed E-state index contributed by atoms with van der Waals surface area (Å²) in [5, 5.41) is 7.56. The van der Waals surface area contributed by atoms with Crippen LogP contribution in [0.5, 0.6) is 0 Å². The standard InChI is InChI=1S/C10H14N2O3/c1-14-10(13)9-12-11-8(15-9)7-5-3-2-4-6-7/h7H,2-6H2,1H3. The summed E-state index contributed by atoms with van der Waals surface area (Å²) in [6.45, 7) is 0. The van der Waals surface area contributed by atoms with Gasteiger partial charge in [-0.1, -0.05) is 19.3 Å². The Labute approximate surface area is 87.8 Å². The van der Waals surface area contributed by atoms with Gasteiger partial charge in [-0.15, -0.1) is 10.2 Å². The summed E-state index contributed by atoms with van der Waals surface area (Å²) in [5.74, 6) is 0.294. The van der Waals surface area contributed by atoms with E-state index in [2.05, 4.69) is 14.9 Å². The molecule has 0 spiro atoms. The Bertz CT molecular complexity index is 342. The number of rotatable bonds is 2. The Morgan fingerprint density at radius 1 is 1.33 bits per heavy atom. The van der Waals surface area contributed by atoms with Crippen molar-refractivity contribution in [3.05, 3.63) is 11.8 Å². The lowest BCUT2D eigenvalue weighted by atomic mass is 9.89. The minimum absolute atomic E-state index is 0.0435. The van der Waals surface area contributed by atoms with Gasteiger partial charge in [-0.25, -0.2) is 4.79 Å². The summed E-state index contributed by atoms with van der Waals surface area (Å²) in [6, 6.07) is 0. The molecule has 0 amide bonds. The van der Waals surface area contributed by atoms with Crippen LogP contribution in [-0.4, -0.2) is 23.3 Å². The minimum Gasteiger partial charge on any atom is -0.462 e. The number of aromatic nitrogens is 2. The molecule has 1 fully saturated rings. The Kier molecular flexibility index (Phi) is 2.99. The molecule has 5 nitrogen and oxygen atoms in total. The van der Waals surface area contributed by atoms with Crippen LogP contribution >= 0.6 is 0 Å². The topological polar surface area (TPSA) is 65.2 Å². The third-order valence-corrected chi connectivity index (χ3v) is 2.76. The molecule has 0 atom stereocenters. The van der Waals surface area contributed by atoms with Crippen LogP contribution in [-0.2, 0) is 4.74 Å². The van der Waals surface area contributed by atoms with Gasteiger partial charge in [0.2, 0.25) is 5.89 Å². The lowest BCUT2D eigenvalue weighted by molar-refractivity contribution is 0.0552. The van der Waals surface area contributed by atoms with Crippen molar-refractivity contribution in [1.82, 2.24) is 10.2 Å². The molecular weight excluding hydrogens is 196 g/mol. The van der Waals surface area contributed by atoms with Gasteiger partial charge >= 0.3 is 11.9 Å². The predicted molar refractivity (Wildman–Crippen MR) is 51.5 cm³/mol. The highest BCUT2D eigenvalue weighted by Gasteiger charge is 2.23. The maximum Gasteiger partial charge on any atom is 0.396 e. The van der Waals surface area contributed by atoms with E-state index in [-0.39, 0.29) is 5.89 Å². The summed E-state index contributed by atoms with van der Waals surface area (Å²) < 4.78 is 9.78. The molecule has 1 aliphatic carbocycles. The van der Waals surface area contributed by atoms with E-state index >= 15 is 0 Å². The number of carbonyl (C=O) groups is 1. The zero-order valence-electron chi connectivity index (χ0n) is 8.73. The highest BCUT2D eigenvalue weighted by Crippen LogP contribution is 2.31. The average Bonchev–Trinajstić information content (AvgIpc) is 2.78. The molecule has 15 heavy (non-hydrogen) atoms. The molecule has 5 heteroatoms. The number of carbonyl (C=O) groups excluding carboxylic acids is 1.